The van der Waals surface area contributed by atoms with Gasteiger partial charge in [-0.15, -0.1) is 0 Å². The van der Waals surface area contributed by atoms with E-state index in [0.717, 1.165) is 6.42 Å². The molecule has 5 heteroatoms. The lowest BCUT2D eigenvalue weighted by molar-refractivity contribution is -0.207. The first-order chi connectivity index (χ1) is 12.2. The number of halogens is 2. The van der Waals surface area contributed by atoms with Crippen LogP contribution < -0.4 is 4.74 Å². The molecule has 1 aliphatic rings. The largest absolute Gasteiger partial charge is 0.434 e. The lowest BCUT2D eigenvalue weighted by Gasteiger charge is -2.30. The van der Waals surface area contributed by atoms with Crippen LogP contribution in [0.15, 0.2) is 24.3 Å². The molecular formula is C20H30F2O3. The minimum absolute atomic E-state index is 0.119. The first kappa shape index (κ1) is 20.1. The van der Waals surface area contributed by atoms with Crippen LogP contribution in [0.2, 0.25) is 0 Å². The van der Waals surface area contributed by atoms with E-state index in [1.165, 1.54) is 51.0 Å². The van der Waals surface area contributed by atoms with Gasteiger partial charge in [0.1, 0.15) is 5.75 Å². The highest BCUT2D eigenvalue weighted by Gasteiger charge is 2.26. The highest BCUT2D eigenvalue weighted by Crippen LogP contribution is 2.33. The predicted octanol–water partition coefficient (Wildman–Crippen LogP) is 6.09. The number of hydrogen-bond acceptors (Lipinski definition) is 3. The Bertz CT molecular complexity index is 474. The summed E-state index contributed by atoms with van der Waals surface area (Å²) in [5.41, 5.74) is 0.525. The van der Waals surface area contributed by atoms with Gasteiger partial charge < -0.3 is 14.2 Å². The normalized spacial score (nSPS) is 20.8. The molecule has 1 heterocycles. The van der Waals surface area contributed by atoms with Gasteiger partial charge in [0.2, 0.25) is 0 Å². The second-order valence-corrected chi connectivity index (χ2v) is 6.69. The monoisotopic (exact) mass is 356 g/mol. The fourth-order valence-electron chi connectivity index (χ4n) is 3.16. The Kier molecular flexibility index (Phi) is 9.19. The molecule has 2 rings (SSSR count). The van der Waals surface area contributed by atoms with E-state index in [4.69, 9.17) is 9.47 Å². The van der Waals surface area contributed by atoms with Crippen LogP contribution in [0, 0.1) is 5.92 Å². The van der Waals surface area contributed by atoms with Crippen molar-refractivity contribution in [1.82, 2.24) is 0 Å². The number of hydrogen-bond donors (Lipinski definition) is 0. The molecule has 0 unspecified atom stereocenters. The summed E-state index contributed by atoms with van der Waals surface area (Å²) in [4.78, 5) is 0. The zero-order chi connectivity index (χ0) is 17.9. The topological polar surface area (TPSA) is 27.7 Å². The molecule has 0 aliphatic carbocycles. The van der Waals surface area contributed by atoms with E-state index in [-0.39, 0.29) is 5.75 Å². The van der Waals surface area contributed by atoms with Crippen molar-refractivity contribution in [3.8, 4) is 5.75 Å². The third kappa shape index (κ3) is 7.28. The van der Waals surface area contributed by atoms with Crippen LogP contribution in [-0.2, 0) is 9.47 Å². The van der Waals surface area contributed by atoms with E-state index in [9.17, 15) is 8.78 Å². The summed E-state index contributed by atoms with van der Waals surface area (Å²) in [6, 6.07) is 6.65. The fourth-order valence-corrected chi connectivity index (χ4v) is 3.16. The molecular weight excluding hydrogens is 326 g/mol. The van der Waals surface area contributed by atoms with Crippen LogP contribution >= 0.6 is 0 Å². The van der Waals surface area contributed by atoms with Crippen molar-refractivity contribution in [3.05, 3.63) is 29.8 Å². The molecule has 0 N–H and O–H groups in total. The third-order valence-electron chi connectivity index (χ3n) is 4.57. The van der Waals surface area contributed by atoms with Crippen LogP contribution in [0.25, 0.3) is 0 Å². The van der Waals surface area contributed by atoms with Gasteiger partial charge in [0.25, 0.3) is 0 Å². The molecule has 1 fully saturated rings. The summed E-state index contributed by atoms with van der Waals surface area (Å²) >= 11 is 0. The van der Waals surface area contributed by atoms with E-state index in [2.05, 4.69) is 11.7 Å². The smallest absolute Gasteiger partial charge is 0.387 e. The molecule has 0 atom stereocenters. The van der Waals surface area contributed by atoms with Crippen molar-refractivity contribution >= 4 is 0 Å². The van der Waals surface area contributed by atoms with Crippen molar-refractivity contribution in [2.75, 3.05) is 13.2 Å². The fraction of sp³-hybridized carbons (Fsp3) is 0.700. The number of benzene rings is 1. The minimum atomic E-state index is -2.85. The van der Waals surface area contributed by atoms with Crippen molar-refractivity contribution in [2.24, 2.45) is 5.92 Å². The lowest BCUT2D eigenvalue weighted by atomic mass is 10.0. The number of alkyl halides is 2. The van der Waals surface area contributed by atoms with Gasteiger partial charge in [0, 0.05) is 11.5 Å². The average Bonchev–Trinajstić information content (AvgIpc) is 2.62. The van der Waals surface area contributed by atoms with Crippen molar-refractivity contribution in [3.63, 3.8) is 0 Å². The summed E-state index contributed by atoms with van der Waals surface area (Å²) < 4.78 is 41.1. The maximum atomic E-state index is 12.5. The summed E-state index contributed by atoms with van der Waals surface area (Å²) in [7, 11) is 0. The van der Waals surface area contributed by atoms with E-state index >= 15 is 0 Å². The first-order valence-electron chi connectivity index (χ1n) is 9.47. The first-order valence-corrected chi connectivity index (χ1v) is 9.47. The number of unbranched alkanes of at least 4 members (excludes halogenated alkanes) is 6. The van der Waals surface area contributed by atoms with Crippen LogP contribution in [0.3, 0.4) is 0 Å². The molecule has 142 valence electrons. The summed E-state index contributed by atoms with van der Waals surface area (Å²) in [5, 5.41) is 0. The van der Waals surface area contributed by atoms with Gasteiger partial charge >= 0.3 is 6.61 Å². The predicted molar refractivity (Wildman–Crippen MR) is 93.8 cm³/mol. The van der Waals surface area contributed by atoms with Gasteiger partial charge in [0.15, 0.2) is 6.29 Å². The second-order valence-electron chi connectivity index (χ2n) is 6.69. The molecule has 0 aromatic heterocycles. The number of rotatable bonds is 11. The third-order valence-corrected chi connectivity index (χ3v) is 4.57. The lowest BCUT2D eigenvalue weighted by Crippen LogP contribution is -2.27. The van der Waals surface area contributed by atoms with E-state index in [1.54, 1.807) is 18.2 Å². The van der Waals surface area contributed by atoms with Crippen LogP contribution in [0.5, 0.6) is 5.75 Å². The summed E-state index contributed by atoms with van der Waals surface area (Å²) in [6.45, 7) is 0.580. The van der Waals surface area contributed by atoms with Gasteiger partial charge in [-0.1, -0.05) is 70.1 Å². The Labute approximate surface area is 149 Å². The quantitative estimate of drug-likeness (QED) is 0.449. The van der Waals surface area contributed by atoms with E-state index in [1.807, 2.05) is 0 Å². The minimum Gasteiger partial charge on any atom is -0.434 e. The van der Waals surface area contributed by atoms with E-state index < -0.39 is 12.9 Å². The van der Waals surface area contributed by atoms with E-state index in [0.29, 0.717) is 24.7 Å². The zero-order valence-electron chi connectivity index (χ0n) is 15.1. The zero-order valence-corrected chi connectivity index (χ0v) is 15.1. The summed E-state index contributed by atoms with van der Waals surface area (Å²) in [6.07, 6.45) is 9.51. The molecule has 0 amide bonds. The molecule has 1 aliphatic heterocycles. The van der Waals surface area contributed by atoms with Crippen LogP contribution in [-0.4, -0.2) is 19.8 Å². The average molecular weight is 356 g/mol. The Morgan fingerprint density at radius 1 is 1.00 bits per heavy atom. The Balaban J connectivity index is 1.68. The Morgan fingerprint density at radius 2 is 1.64 bits per heavy atom. The molecule has 0 bridgehead atoms. The van der Waals surface area contributed by atoms with Gasteiger partial charge in [0.05, 0.1) is 13.2 Å². The van der Waals surface area contributed by atoms with Gasteiger partial charge in [-0.2, -0.15) is 8.78 Å². The highest BCUT2D eigenvalue weighted by molar-refractivity contribution is 5.34. The molecule has 1 aromatic rings. The summed E-state index contributed by atoms with van der Waals surface area (Å²) in [5.74, 6) is 0.503. The molecule has 25 heavy (non-hydrogen) atoms. The van der Waals surface area contributed by atoms with Gasteiger partial charge in [-0.05, 0) is 12.5 Å². The SMILES string of the molecule is CCCCCCCCCC1COC(c2ccccc2OC(F)F)OC1. The van der Waals surface area contributed by atoms with Crippen molar-refractivity contribution < 1.29 is 23.0 Å². The molecule has 0 radical (unpaired) electrons. The molecule has 0 spiro atoms. The molecule has 0 saturated carbocycles. The Hall–Kier alpha value is -1.20. The van der Waals surface area contributed by atoms with Gasteiger partial charge in [-0.25, -0.2) is 0 Å². The van der Waals surface area contributed by atoms with Crippen molar-refractivity contribution in [2.45, 2.75) is 71.2 Å². The molecule has 3 nitrogen and oxygen atoms in total. The molecule has 1 aromatic carbocycles. The van der Waals surface area contributed by atoms with Crippen LogP contribution in [0.1, 0.15) is 70.1 Å². The number of para-hydroxylation sites is 1. The maximum Gasteiger partial charge on any atom is 0.387 e. The van der Waals surface area contributed by atoms with Crippen LogP contribution in [0.4, 0.5) is 8.78 Å². The number of ether oxygens (including phenoxy) is 3. The van der Waals surface area contributed by atoms with Crippen molar-refractivity contribution in [1.29, 1.82) is 0 Å². The Morgan fingerprint density at radius 3 is 2.32 bits per heavy atom. The standard InChI is InChI=1S/C20H30F2O3/c1-2-3-4-5-6-7-8-11-16-14-23-19(24-15-16)17-12-9-10-13-18(17)25-20(21)22/h9-10,12-13,16,19-20H,2-8,11,14-15H2,1H3. The second kappa shape index (κ2) is 11.4. The highest BCUT2D eigenvalue weighted by atomic mass is 19.3. The molecule has 1 saturated heterocycles. The maximum absolute atomic E-state index is 12.5. The van der Waals surface area contributed by atoms with Gasteiger partial charge in [-0.3, -0.25) is 0 Å².